The lowest BCUT2D eigenvalue weighted by Gasteiger charge is -2.05. The monoisotopic (exact) mass is 270 g/mol. The lowest BCUT2D eigenvalue weighted by atomic mass is 10.2. The van der Waals surface area contributed by atoms with Crippen LogP contribution in [0, 0.1) is 0 Å². The van der Waals surface area contributed by atoms with Gasteiger partial charge in [0.25, 0.3) is 5.91 Å². The third kappa shape index (κ3) is 4.58. The molecule has 1 aromatic heterocycles. The molecule has 0 bridgehead atoms. The van der Waals surface area contributed by atoms with E-state index in [2.05, 4.69) is 10.3 Å². The van der Waals surface area contributed by atoms with Crippen LogP contribution in [0.1, 0.15) is 29.6 Å². The summed E-state index contributed by atoms with van der Waals surface area (Å²) < 4.78 is 0. The molecule has 1 rings (SSSR count). The fourth-order valence-corrected chi connectivity index (χ4v) is 1.47. The molecule has 0 aliphatic rings. The number of aromatic nitrogens is 1. The average molecular weight is 271 g/mol. The quantitative estimate of drug-likeness (QED) is 0.661. The van der Waals surface area contributed by atoms with Crippen molar-refractivity contribution in [2.24, 2.45) is 5.73 Å². The van der Waals surface area contributed by atoms with E-state index in [1.165, 1.54) is 12.3 Å². The highest BCUT2D eigenvalue weighted by Crippen LogP contribution is 2.16. The van der Waals surface area contributed by atoms with E-state index in [0.29, 0.717) is 31.4 Å². The number of pyridine rings is 1. The first kappa shape index (κ1) is 14.2. The number of nitrogen functional groups attached to an aromatic ring is 1. The first-order valence-corrected chi connectivity index (χ1v) is 5.86. The summed E-state index contributed by atoms with van der Waals surface area (Å²) in [6, 6.07) is 1.46. The molecule has 0 aromatic carbocycles. The Bertz CT molecular complexity index is 451. The number of anilines is 1. The van der Waals surface area contributed by atoms with Crippen molar-refractivity contribution in [1.82, 2.24) is 10.3 Å². The van der Waals surface area contributed by atoms with Gasteiger partial charge in [0.15, 0.2) is 0 Å². The largest absolute Gasteiger partial charge is 0.382 e. The lowest BCUT2D eigenvalue weighted by molar-refractivity contribution is -0.118. The zero-order valence-corrected chi connectivity index (χ0v) is 10.5. The van der Waals surface area contributed by atoms with Gasteiger partial charge in [-0.2, -0.15) is 0 Å². The summed E-state index contributed by atoms with van der Waals surface area (Å²) in [5, 5.41) is 2.94. The van der Waals surface area contributed by atoms with Gasteiger partial charge >= 0.3 is 0 Å². The summed E-state index contributed by atoms with van der Waals surface area (Å²) in [4.78, 5) is 25.9. The Morgan fingerprint density at radius 1 is 1.39 bits per heavy atom. The molecule has 0 aliphatic heterocycles. The number of hydrogen-bond donors (Lipinski definition) is 3. The molecule has 7 heteroatoms. The molecule has 6 nitrogen and oxygen atoms in total. The van der Waals surface area contributed by atoms with Crippen LogP contribution in [0.2, 0.25) is 5.02 Å². The van der Waals surface area contributed by atoms with Crippen LogP contribution >= 0.6 is 11.6 Å². The minimum absolute atomic E-state index is 0.190. The van der Waals surface area contributed by atoms with Gasteiger partial charge in [0, 0.05) is 19.2 Å². The average Bonchev–Trinajstić information content (AvgIpc) is 2.31. The van der Waals surface area contributed by atoms with Gasteiger partial charge < -0.3 is 16.8 Å². The number of amides is 2. The topological polar surface area (TPSA) is 111 Å². The van der Waals surface area contributed by atoms with Crippen LogP contribution in [0.4, 0.5) is 5.82 Å². The second-order valence-corrected chi connectivity index (χ2v) is 4.18. The lowest BCUT2D eigenvalue weighted by Crippen LogP contribution is -2.25. The Kier molecular flexibility index (Phi) is 5.38. The minimum Gasteiger partial charge on any atom is -0.382 e. The number of hydrogen-bond acceptors (Lipinski definition) is 4. The van der Waals surface area contributed by atoms with E-state index in [4.69, 9.17) is 23.1 Å². The first-order chi connectivity index (χ1) is 8.50. The van der Waals surface area contributed by atoms with Crippen LogP contribution in [0.3, 0.4) is 0 Å². The number of nitrogens with two attached hydrogens (primary N) is 2. The fraction of sp³-hybridized carbons (Fsp3) is 0.364. The molecule has 0 fully saturated rings. The maximum absolute atomic E-state index is 11.7. The normalized spacial score (nSPS) is 10.1. The molecular formula is C11H15ClN4O2. The van der Waals surface area contributed by atoms with Crippen molar-refractivity contribution in [3.63, 3.8) is 0 Å². The van der Waals surface area contributed by atoms with E-state index in [1.807, 2.05) is 0 Å². The zero-order valence-electron chi connectivity index (χ0n) is 9.78. The van der Waals surface area contributed by atoms with Crippen molar-refractivity contribution >= 4 is 29.2 Å². The van der Waals surface area contributed by atoms with Gasteiger partial charge in [-0.05, 0) is 18.9 Å². The van der Waals surface area contributed by atoms with Gasteiger partial charge in [-0.3, -0.25) is 9.59 Å². The summed E-state index contributed by atoms with van der Waals surface area (Å²) in [6.45, 7) is 0.466. The summed E-state index contributed by atoms with van der Waals surface area (Å²) in [5.74, 6) is -0.422. The molecule has 5 N–H and O–H groups in total. The Morgan fingerprint density at radius 3 is 2.72 bits per heavy atom. The smallest absolute Gasteiger partial charge is 0.252 e. The first-order valence-electron chi connectivity index (χ1n) is 5.48. The number of nitrogens with one attached hydrogen (secondary N) is 1. The van der Waals surface area contributed by atoms with Crippen molar-refractivity contribution < 1.29 is 9.59 Å². The van der Waals surface area contributed by atoms with Crippen LogP contribution in [0.5, 0.6) is 0 Å². The van der Waals surface area contributed by atoms with Gasteiger partial charge in [-0.1, -0.05) is 11.6 Å². The maximum Gasteiger partial charge on any atom is 0.252 e. The highest BCUT2D eigenvalue weighted by molar-refractivity contribution is 6.33. The van der Waals surface area contributed by atoms with Crippen LogP contribution in [-0.4, -0.2) is 23.3 Å². The van der Waals surface area contributed by atoms with E-state index >= 15 is 0 Å². The van der Waals surface area contributed by atoms with E-state index < -0.39 is 0 Å². The molecule has 0 spiro atoms. The van der Waals surface area contributed by atoms with Crippen molar-refractivity contribution in [1.29, 1.82) is 0 Å². The van der Waals surface area contributed by atoms with E-state index in [1.54, 1.807) is 0 Å². The molecule has 2 amide bonds. The van der Waals surface area contributed by atoms with Gasteiger partial charge in [0.1, 0.15) is 5.82 Å². The summed E-state index contributed by atoms with van der Waals surface area (Å²) in [7, 11) is 0. The number of unbranched alkanes of at least 4 members (excludes halogenated alkanes) is 1. The Labute approximate surface area is 110 Å². The number of rotatable bonds is 6. The molecule has 0 saturated heterocycles. The highest BCUT2D eigenvalue weighted by atomic mass is 35.5. The minimum atomic E-state index is -0.337. The van der Waals surface area contributed by atoms with Gasteiger partial charge in [-0.25, -0.2) is 4.98 Å². The number of carbonyl (C=O) groups is 2. The van der Waals surface area contributed by atoms with Crippen molar-refractivity contribution in [2.75, 3.05) is 12.3 Å². The number of carbonyl (C=O) groups excluding carboxylic acids is 2. The number of halogens is 1. The van der Waals surface area contributed by atoms with Gasteiger partial charge in [0.2, 0.25) is 5.91 Å². The molecule has 1 aromatic rings. The zero-order chi connectivity index (χ0) is 13.5. The predicted molar refractivity (Wildman–Crippen MR) is 69.0 cm³/mol. The van der Waals surface area contributed by atoms with Crippen molar-refractivity contribution in [3.05, 3.63) is 22.8 Å². The molecule has 0 atom stereocenters. The Morgan fingerprint density at radius 2 is 2.11 bits per heavy atom. The number of nitrogens with zero attached hydrogens (tertiary/aromatic N) is 1. The Balaban J connectivity index is 2.36. The van der Waals surface area contributed by atoms with Crippen LogP contribution in [-0.2, 0) is 4.79 Å². The molecule has 0 radical (unpaired) electrons. The van der Waals surface area contributed by atoms with Crippen LogP contribution in [0.15, 0.2) is 12.3 Å². The number of primary amides is 1. The molecule has 0 aliphatic carbocycles. The fourth-order valence-electron chi connectivity index (χ4n) is 1.30. The van der Waals surface area contributed by atoms with Crippen molar-refractivity contribution in [2.45, 2.75) is 19.3 Å². The Hall–Kier alpha value is -1.82. The van der Waals surface area contributed by atoms with Gasteiger partial charge in [-0.15, -0.1) is 0 Å². The molecule has 0 saturated carbocycles. The standard InChI is InChI=1S/C11H15ClN4O2/c12-8-5-7(6-16-10(8)14)11(18)15-4-2-1-3-9(13)17/h5-6H,1-4H2,(H2,13,17)(H2,14,16)(H,15,18). The third-order valence-electron chi connectivity index (χ3n) is 2.27. The summed E-state index contributed by atoms with van der Waals surface area (Å²) in [5.41, 5.74) is 10.8. The van der Waals surface area contributed by atoms with Crippen LogP contribution < -0.4 is 16.8 Å². The van der Waals surface area contributed by atoms with E-state index in [-0.39, 0.29) is 22.7 Å². The third-order valence-corrected chi connectivity index (χ3v) is 2.57. The summed E-state index contributed by atoms with van der Waals surface area (Å²) in [6.07, 6.45) is 3.02. The SMILES string of the molecule is NC(=O)CCCCNC(=O)c1cnc(N)c(Cl)c1. The van der Waals surface area contributed by atoms with E-state index in [9.17, 15) is 9.59 Å². The predicted octanol–water partition coefficient (Wildman–Crippen LogP) is 0.703. The van der Waals surface area contributed by atoms with E-state index in [0.717, 1.165) is 0 Å². The summed E-state index contributed by atoms with van der Waals surface area (Å²) >= 11 is 5.76. The van der Waals surface area contributed by atoms with Gasteiger partial charge in [0.05, 0.1) is 10.6 Å². The molecule has 98 valence electrons. The molecule has 1 heterocycles. The van der Waals surface area contributed by atoms with Crippen LogP contribution in [0.25, 0.3) is 0 Å². The highest BCUT2D eigenvalue weighted by Gasteiger charge is 2.07. The second kappa shape index (κ2) is 6.80. The molecule has 18 heavy (non-hydrogen) atoms. The molecular weight excluding hydrogens is 256 g/mol. The maximum atomic E-state index is 11.7. The van der Waals surface area contributed by atoms with Crippen molar-refractivity contribution in [3.8, 4) is 0 Å². The second-order valence-electron chi connectivity index (χ2n) is 3.77. The molecule has 0 unspecified atom stereocenters.